The number of nitrogens with zero attached hydrogens (tertiary/aromatic N) is 2. The average Bonchev–Trinajstić information content (AvgIpc) is 3.67. The summed E-state index contributed by atoms with van der Waals surface area (Å²) >= 11 is 5.77. The molecule has 1 aliphatic heterocycles. The first kappa shape index (κ1) is 46.0. The molecule has 310 valence electrons. The second kappa shape index (κ2) is 23.0. The quantitative estimate of drug-likeness (QED) is 0.0644. The molecule has 0 aliphatic carbocycles. The maximum absolute atomic E-state index is 14.4. The van der Waals surface area contributed by atoms with Gasteiger partial charge in [-0.25, -0.2) is 4.79 Å². The molecule has 2 aromatic carbocycles. The molecule has 56 heavy (non-hydrogen) atoms. The monoisotopic (exact) mass is 801 g/mol. The molecule has 3 rings (SSSR count). The van der Waals surface area contributed by atoms with Gasteiger partial charge in [-0.3, -0.25) is 19.2 Å². The molecule has 15 heteroatoms. The van der Waals surface area contributed by atoms with Crippen molar-refractivity contribution in [1.82, 2.24) is 25.8 Å². The molecule has 1 aliphatic rings. The highest BCUT2D eigenvalue weighted by Crippen LogP contribution is 2.24. The number of aromatic hydroxyl groups is 2. The van der Waals surface area contributed by atoms with Gasteiger partial charge >= 0.3 is 5.97 Å². The van der Waals surface area contributed by atoms with Gasteiger partial charge in [0.15, 0.2) is 0 Å². The van der Waals surface area contributed by atoms with E-state index in [4.69, 9.17) is 11.6 Å². The van der Waals surface area contributed by atoms with Crippen LogP contribution < -0.4 is 16.0 Å². The number of nitrogens with one attached hydrogen (secondary N) is 3. The molecule has 1 heterocycles. The summed E-state index contributed by atoms with van der Waals surface area (Å²) in [6.45, 7) is 4.02. The molecule has 0 aromatic heterocycles. The molecule has 2 aromatic rings. The maximum Gasteiger partial charge on any atom is 0.326 e. The highest BCUT2D eigenvalue weighted by Gasteiger charge is 2.42. The predicted molar refractivity (Wildman–Crippen MR) is 213 cm³/mol. The normalized spacial score (nSPS) is 16.8. The first-order valence-electron chi connectivity index (χ1n) is 19.5. The van der Waals surface area contributed by atoms with Crippen LogP contribution in [0, 0.1) is 5.92 Å². The third-order valence-corrected chi connectivity index (χ3v) is 10.6. The fourth-order valence-corrected chi connectivity index (χ4v) is 7.25. The van der Waals surface area contributed by atoms with E-state index in [1.165, 1.54) is 41.1 Å². The standard InChI is InChI=1S/C41H60ClN5O9/c1-26(2)23-35(40(54)47-22-10-12-34(47)37(51)45-33(41(55)56)25-28-15-19-30(49)20-16-28)46(4)39(53)32(24-27-13-17-29(48)18-14-27)44-38(52)36(50)31(43-3)11-8-6-5-7-9-21-42/h13-20,26,31-36,43,48-50H,5-12,21-25H2,1-4H3,(H,44,52)(H,45,51)(H,55,56)/t31-,32+,33?,34+,35+,36-/m1/s1. The Morgan fingerprint density at radius 1 is 0.857 bits per heavy atom. The van der Waals surface area contributed by atoms with Crippen LogP contribution in [-0.2, 0) is 36.8 Å². The summed E-state index contributed by atoms with van der Waals surface area (Å²) in [6, 6.07) is 7.10. The van der Waals surface area contributed by atoms with Crippen molar-refractivity contribution in [2.75, 3.05) is 26.5 Å². The zero-order chi connectivity index (χ0) is 41.4. The van der Waals surface area contributed by atoms with Crippen LogP contribution in [0.5, 0.6) is 11.5 Å². The SMILES string of the molecule is CN[C@H](CCCCCCCCl)[C@@H](O)C(=O)N[C@@H](Cc1ccc(O)cc1)C(=O)N(C)[C@@H](CC(C)C)C(=O)N1CCC[C@H]1C(=O)NC(Cc1ccc(O)cc1)C(=O)O. The lowest BCUT2D eigenvalue weighted by Gasteiger charge is -2.36. The molecule has 14 nitrogen and oxygen atoms in total. The lowest BCUT2D eigenvalue weighted by atomic mass is 9.98. The summed E-state index contributed by atoms with van der Waals surface area (Å²) < 4.78 is 0. The van der Waals surface area contributed by atoms with Crippen LogP contribution in [0.2, 0.25) is 0 Å². The Hall–Kier alpha value is -4.40. The Kier molecular flexibility index (Phi) is 18.9. The molecule has 0 spiro atoms. The van der Waals surface area contributed by atoms with E-state index >= 15 is 0 Å². The number of alkyl halides is 1. The number of carbonyl (C=O) groups is 5. The molecule has 0 bridgehead atoms. The molecule has 1 saturated heterocycles. The van der Waals surface area contributed by atoms with Gasteiger partial charge in [-0.05, 0) is 80.5 Å². The molecule has 0 radical (unpaired) electrons. The molecule has 0 saturated carbocycles. The summed E-state index contributed by atoms with van der Waals surface area (Å²) in [7, 11) is 3.14. The van der Waals surface area contributed by atoms with Crippen LogP contribution in [0.4, 0.5) is 0 Å². The van der Waals surface area contributed by atoms with Crippen molar-refractivity contribution < 1.29 is 44.4 Å². The van der Waals surface area contributed by atoms with Gasteiger partial charge in [0, 0.05) is 38.4 Å². The van der Waals surface area contributed by atoms with Crippen LogP contribution >= 0.6 is 11.6 Å². The highest BCUT2D eigenvalue weighted by atomic mass is 35.5. The van der Waals surface area contributed by atoms with Crippen LogP contribution in [0.25, 0.3) is 0 Å². The molecular formula is C41H60ClN5O9. The number of rotatable bonds is 23. The third-order valence-electron chi connectivity index (χ3n) is 10.3. The van der Waals surface area contributed by atoms with Gasteiger partial charge in [-0.15, -0.1) is 11.6 Å². The Balaban J connectivity index is 1.81. The van der Waals surface area contributed by atoms with Crippen molar-refractivity contribution in [2.45, 2.75) is 121 Å². The summed E-state index contributed by atoms with van der Waals surface area (Å²) in [5.41, 5.74) is 1.21. The van der Waals surface area contributed by atoms with Crippen LogP contribution in [0.15, 0.2) is 48.5 Å². The Bertz CT molecular complexity index is 1580. The zero-order valence-corrected chi connectivity index (χ0v) is 33.7. The molecule has 1 fully saturated rings. The van der Waals surface area contributed by atoms with E-state index in [0.29, 0.717) is 36.3 Å². The van der Waals surface area contributed by atoms with Gasteiger partial charge < -0.3 is 46.2 Å². The smallest absolute Gasteiger partial charge is 0.326 e. The van der Waals surface area contributed by atoms with E-state index in [2.05, 4.69) is 16.0 Å². The Morgan fingerprint density at radius 3 is 1.95 bits per heavy atom. The number of carbonyl (C=O) groups excluding carboxylic acids is 4. The van der Waals surface area contributed by atoms with Crippen molar-refractivity contribution in [2.24, 2.45) is 5.92 Å². The summed E-state index contributed by atoms with van der Waals surface area (Å²) in [4.78, 5) is 70.8. The van der Waals surface area contributed by atoms with Crippen molar-refractivity contribution in [3.8, 4) is 11.5 Å². The fourth-order valence-electron chi connectivity index (χ4n) is 7.06. The number of benzene rings is 2. The number of phenolic OH excluding ortho intramolecular Hbond substituents is 2. The number of aliphatic hydroxyl groups excluding tert-OH is 1. The minimum Gasteiger partial charge on any atom is -0.508 e. The van der Waals surface area contributed by atoms with E-state index in [1.807, 2.05) is 13.8 Å². The minimum absolute atomic E-state index is 0.00163. The lowest BCUT2D eigenvalue weighted by molar-refractivity contribution is -0.150. The van der Waals surface area contributed by atoms with E-state index in [1.54, 1.807) is 31.3 Å². The Morgan fingerprint density at radius 2 is 1.41 bits per heavy atom. The summed E-state index contributed by atoms with van der Waals surface area (Å²) in [5, 5.41) is 48.8. The maximum atomic E-state index is 14.4. The van der Waals surface area contributed by atoms with Crippen molar-refractivity contribution in [3.63, 3.8) is 0 Å². The first-order valence-corrected chi connectivity index (χ1v) is 20.1. The second-order valence-electron chi connectivity index (χ2n) is 15.1. The number of hydrogen-bond acceptors (Lipinski definition) is 9. The van der Waals surface area contributed by atoms with Crippen LogP contribution in [0.1, 0.15) is 82.8 Å². The van der Waals surface area contributed by atoms with Crippen molar-refractivity contribution >= 4 is 41.2 Å². The van der Waals surface area contributed by atoms with E-state index in [-0.39, 0.29) is 43.2 Å². The number of likely N-dealkylation sites (N-methyl/N-ethyl adjacent to an activating group) is 2. The van der Waals surface area contributed by atoms with Crippen LogP contribution in [0.3, 0.4) is 0 Å². The van der Waals surface area contributed by atoms with Gasteiger partial charge in [0.2, 0.25) is 17.7 Å². The van der Waals surface area contributed by atoms with E-state index < -0.39 is 65.9 Å². The highest BCUT2D eigenvalue weighted by molar-refractivity contribution is 6.17. The first-order chi connectivity index (χ1) is 26.7. The average molecular weight is 802 g/mol. The summed E-state index contributed by atoms with van der Waals surface area (Å²) in [5.74, 6) is -3.10. The van der Waals surface area contributed by atoms with Crippen molar-refractivity contribution in [3.05, 3.63) is 59.7 Å². The van der Waals surface area contributed by atoms with Gasteiger partial charge in [0.25, 0.3) is 5.91 Å². The van der Waals surface area contributed by atoms with Gasteiger partial charge in [-0.1, -0.05) is 63.8 Å². The fraction of sp³-hybridized carbons (Fsp3) is 0.585. The molecule has 6 atom stereocenters. The lowest BCUT2D eigenvalue weighted by Crippen LogP contribution is -2.59. The minimum atomic E-state index is -1.47. The number of amides is 4. The largest absolute Gasteiger partial charge is 0.508 e. The molecule has 7 N–H and O–H groups in total. The predicted octanol–water partition coefficient (Wildman–Crippen LogP) is 3.33. The van der Waals surface area contributed by atoms with Gasteiger partial charge in [-0.2, -0.15) is 0 Å². The summed E-state index contributed by atoms with van der Waals surface area (Å²) in [6.07, 6.45) is 4.67. The number of phenols is 2. The van der Waals surface area contributed by atoms with Gasteiger partial charge in [0.1, 0.15) is 41.8 Å². The number of aliphatic carboxylic acids is 1. The number of halogens is 1. The molecular weight excluding hydrogens is 742 g/mol. The third kappa shape index (κ3) is 14.0. The number of unbranched alkanes of at least 4 members (excludes halogenated alkanes) is 4. The topological polar surface area (TPSA) is 209 Å². The van der Waals surface area contributed by atoms with Gasteiger partial charge in [0.05, 0.1) is 0 Å². The van der Waals surface area contributed by atoms with Crippen molar-refractivity contribution in [1.29, 1.82) is 0 Å². The Labute approximate surface area is 335 Å². The van der Waals surface area contributed by atoms with E-state index in [9.17, 15) is 44.4 Å². The number of hydrogen-bond donors (Lipinski definition) is 7. The van der Waals surface area contributed by atoms with Crippen LogP contribution in [-0.4, -0.2) is 123 Å². The second-order valence-corrected chi connectivity index (χ2v) is 15.4. The zero-order valence-electron chi connectivity index (χ0n) is 33.0. The molecule has 1 unspecified atom stereocenters. The number of carboxylic acid groups (broad SMARTS) is 1. The number of carboxylic acids is 1. The number of aliphatic hydroxyl groups is 1. The van der Waals surface area contributed by atoms with E-state index in [0.717, 1.165) is 32.1 Å². The number of likely N-dealkylation sites (tertiary alicyclic amines) is 1. The molecule has 4 amide bonds.